The summed E-state index contributed by atoms with van der Waals surface area (Å²) >= 11 is 0. The molecule has 142 valence electrons. The van der Waals surface area contributed by atoms with E-state index in [1.54, 1.807) is 23.7 Å². The summed E-state index contributed by atoms with van der Waals surface area (Å²) in [7, 11) is 3.64. The average Bonchev–Trinajstić information content (AvgIpc) is 3.21. The van der Waals surface area contributed by atoms with E-state index in [2.05, 4.69) is 15.1 Å². The molecule has 1 aromatic carbocycles. The zero-order chi connectivity index (χ0) is 19.8. The van der Waals surface area contributed by atoms with E-state index in [1.807, 2.05) is 20.0 Å². The molecule has 8 nitrogen and oxygen atoms in total. The van der Waals surface area contributed by atoms with Crippen LogP contribution in [0.25, 0.3) is 11.2 Å². The molecule has 0 unspecified atom stereocenters. The Morgan fingerprint density at radius 1 is 1.18 bits per heavy atom. The van der Waals surface area contributed by atoms with Gasteiger partial charge in [0.1, 0.15) is 20.3 Å². The van der Waals surface area contributed by atoms with Crippen molar-refractivity contribution in [3.05, 3.63) is 52.8 Å². The minimum absolute atomic E-state index is 0.0521. The number of fused-ring (bicyclic) bond motifs is 1. The standard InChI is InChI=1S/C18H18BFN6O2/c1-24-9-21-17-16(24)18(28)25(10-22-17)7-13-6-15(27)26(23-13)8-14(20)11-2-4-12(19)5-3-11/h2-5,9-10,14H,6-8,19H2,1H3/t14-/m0/s1. The predicted molar refractivity (Wildman–Crippen MR) is 105 cm³/mol. The molecular weight excluding hydrogens is 362 g/mol. The molecule has 4 rings (SSSR count). The van der Waals surface area contributed by atoms with Gasteiger partial charge in [0.2, 0.25) is 5.91 Å². The van der Waals surface area contributed by atoms with Crippen LogP contribution in [0.5, 0.6) is 0 Å². The van der Waals surface area contributed by atoms with E-state index in [1.165, 1.54) is 17.2 Å². The lowest BCUT2D eigenvalue weighted by atomic mass is 9.94. The van der Waals surface area contributed by atoms with Crippen molar-refractivity contribution < 1.29 is 9.18 Å². The number of alkyl halides is 1. The van der Waals surface area contributed by atoms with Crippen molar-refractivity contribution in [1.82, 2.24) is 24.1 Å². The molecule has 28 heavy (non-hydrogen) atoms. The molecule has 0 saturated heterocycles. The highest BCUT2D eigenvalue weighted by atomic mass is 19.1. The van der Waals surface area contributed by atoms with Crippen LogP contribution in [-0.4, -0.2) is 50.1 Å². The number of amides is 1. The Balaban J connectivity index is 1.51. The first-order chi connectivity index (χ1) is 13.4. The number of nitrogens with zero attached hydrogens (tertiary/aromatic N) is 6. The maximum absolute atomic E-state index is 14.6. The Morgan fingerprint density at radius 2 is 1.89 bits per heavy atom. The second-order valence-electron chi connectivity index (χ2n) is 6.90. The van der Waals surface area contributed by atoms with Gasteiger partial charge in [0.05, 0.1) is 31.5 Å². The van der Waals surface area contributed by atoms with Crippen molar-refractivity contribution in [2.24, 2.45) is 12.1 Å². The quantitative estimate of drug-likeness (QED) is 0.569. The van der Waals surface area contributed by atoms with Gasteiger partial charge in [-0.25, -0.2) is 19.4 Å². The van der Waals surface area contributed by atoms with Crippen LogP contribution in [0.15, 0.2) is 46.8 Å². The lowest BCUT2D eigenvalue weighted by Crippen LogP contribution is -2.25. The summed E-state index contributed by atoms with van der Waals surface area (Å²) in [6.07, 6.45) is 1.63. The number of hydrazone groups is 1. The SMILES string of the molecule is Bc1ccc([C@@H](F)CN2N=C(Cn3cnc4ncn(C)c4c3=O)CC2=O)cc1. The lowest BCUT2D eigenvalue weighted by Gasteiger charge is -2.15. The number of halogens is 1. The molecule has 0 fully saturated rings. The van der Waals surface area contributed by atoms with Crippen molar-refractivity contribution in [3.8, 4) is 0 Å². The number of carbonyl (C=O) groups excluding carboxylic acids is 1. The first-order valence-electron chi connectivity index (χ1n) is 8.86. The van der Waals surface area contributed by atoms with Crippen molar-refractivity contribution in [1.29, 1.82) is 0 Å². The second kappa shape index (κ2) is 7.03. The normalized spacial score (nSPS) is 15.3. The fourth-order valence-corrected chi connectivity index (χ4v) is 3.17. The second-order valence-corrected chi connectivity index (χ2v) is 6.90. The third kappa shape index (κ3) is 3.33. The van der Waals surface area contributed by atoms with Crippen LogP contribution in [0.1, 0.15) is 18.2 Å². The molecule has 0 aliphatic carbocycles. The largest absolute Gasteiger partial charge is 0.328 e. The van der Waals surface area contributed by atoms with Crippen LogP contribution < -0.4 is 11.0 Å². The number of hydrogen-bond acceptors (Lipinski definition) is 5. The van der Waals surface area contributed by atoms with Gasteiger partial charge in [0.25, 0.3) is 5.56 Å². The number of rotatable bonds is 5. The van der Waals surface area contributed by atoms with Crippen LogP contribution >= 0.6 is 0 Å². The number of hydrogen-bond donors (Lipinski definition) is 0. The minimum Gasteiger partial charge on any atom is -0.328 e. The molecule has 2 aromatic heterocycles. The Labute approximate surface area is 160 Å². The number of imidazole rings is 1. The summed E-state index contributed by atoms with van der Waals surface area (Å²) in [4.78, 5) is 33.0. The van der Waals surface area contributed by atoms with Crippen molar-refractivity contribution in [2.75, 3.05) is 6.54 Å². The van der Waals surface area contributed by atoms with E-state index in [-0.39, 0.29) is 31.0 Å². The van der Waals surface area contributed by atoms with E-state index >= 15 is 0 Å². The van der Waals surface area contributed by atoms with Gasteiger partial charge in [-0.3, -0.25) is 14.2 Å². The Kier molecular flexibility index (Phi) is 4.54. The zero-order valence-corrected chi connectivity index (χ0v) is 15.5. The van der Waals surface area contributed by atoms with Gasteiger partial charge in [-0.2, -0.15) is 5.10 Å². The summed E-state index contributed by atoms with van der Waals surface area (Å²) in [5.74, 6) is -0.285. The summed E-state index contributed by atoms with van der Waals surface area (Å²) in [5.41, 5.74) is 2.52. The molecule has 1 aliphatic heterocycles. The fourth-order valence-electron chi connectivity index (χ4n) is 3.17. The molecule has 10 heteroatoms. The van der Waals surface area contributed by atoms with Crippen LogP contribution in [-0.2, 0) is 18.4 Å². The number of carbonyl (C=O) groups is 1. The zero-order valence-electron chi connectivity index (χ0n) is 15.5. The predicted octanol–water partition coefficient (Wildman–Crippen LogP) is -0.312. The molecule has 0 radical (unpaired) electrons. The van der Waals surface area contributed by atoms with Gasteiger partial charge in [0.15, 0.2) is 11.2 Å². The molecule has 0 bridgehead atoms. The van der Waals surface area contributed by atoms with Crippen molar-refractivity contribution in [3.63, 3.8) is 0 Å². The van der Waals surface area contributed by atoms with Gasteiger partial charge < -0.3 is 4.57 Å². The maximum Gasteiger partial charge on any atom is 0.279 e. The minimum atomic E-state index is -1.33. The van der Waals surface area contributed by atoms with Crippen molar-refractivity contribution >= 4 is 36.1 Å². The molecule has 1 aliphatic rings. The lowest BCUT2D eigenvalue weighted by molar-refractivity contribution is -0.129. The molecule has 0 N–H and O–H groups in total. The molecule has 0 spiro atoms. The van der Waals surface area contributed by atoms with Gasteiger partial charge >= 0.3 is 0 Å². The highest BCUT2D eigenvalue weighted by Gasteiger charge is 2.27. The molecule has 3 aromatic rings. The summed E-state index contributed by atoms with van der Waals surface area (Å²) in [6.45, 7) is -0.0318. The molecule has 1 amide bonds. The van der Waals surface area contributed by atoms with Crippen LogP contribution in [0.2, 0.25) is 0 Å². The van der Waals surface area contributed by atoms with Crippen molar-refractivity contribution in [2.45, 2.75) is 19.1 Å². The van der Waals surface area contributed by atoms with E-state index in [0.29, 0.717) is 22.4 Å². The van der Waals surface area contributed by atoms with Gasteiger partial charge in [0, 0.05) is 7.05 Å². The number of aryl methyl sites for hydroxylation is 1. The smallest absolute Gasteiger partial charge is 0.279 e. The Hall–Kier alpha value is -3.30. The van der Waals surface area contributed by atoms with Crippen LogP contribution in [0.3, 0.4) is 0 Å². The van der Waals surface area contributed by atoms with E-state index in [0.717, 1.165) is 10.5 Å². The topological polar surface area (TPSA) is 85.4 Å². The fraction of sp³-hybridized carbons (Fsp3) is 0.278. The Morgan fingerprint density at radius 3 is 2.64 bits per heavy atom. The third-order valence-corrected chi connectivity index (χ3v) is 4.73. The van der Waals surface area contributed by atoms with Crippen LogP contribution in [0.4, 0.5) is 4.39 Å². The highest BCUT2D eigenvalue weighted by molar-refractivity contribution is 6.32. The Bertz CT molecular complexity index is 1140. The summed E-state index contributed by atoms with van der Waals surface area (Å²) in [5, 5.41) is 5.37. The molecular formula is C18H18BFN6O2. The highest BCUT2D eigenvalue weighted by Crippen LogP contribution is 2.21. The average molecular weight is 380 g/mol. The van der Waals surface area contributed by atoms with E-state index in [9.17, 15) is 14.0 Å². The summed E-state index contributed by atoms with van der Waals surface area (Å²) < 4.78 is 17.5. The molecule has 3 heterocycles. The van der Waals surface area contributed by atoms with E-state index < -0.39 is 6.17 Å². The monoisotopic (exact) mass is 380 g/mol. The van der Waals surface area contributed by atoms with Crippen LogP contribution in [0, 0.1) is 0 Å². The third-order valence-electron chi connectivity index (χ3n) is 4.73. The number of aromatic nitrogens is 4. The summed E-state index contributed by atoms with van der Waals surface area (Å²) in [6, 6.07) is 7.08. The van der Waals surface area contributed by atoms with E-state index in [4.69, 9.17) is 0 Å². The molecule has 0 saturated carbocycles. The van der Waals surface area contributed by atoms with Gasteiger partial charge in [-0.15, -0.1) is 0 Å². The first kappa shape index (κ1) is 18.1. The van der Waals surface area contributed by atoms with Gasteiger partial charge in [-0.05, 0) is 5.56 Å². The molecule has 1 atom stereocenters. The van der Waals surface area contributed by atoms with Gasteiger partial charge in [-0.1, -0.05) is 29.7 Å². The first-order valence-corrected chi connectivity index (χ1v) is 8.86. The number of benzene rings is 1. The maximum atomic E-state index is 14.6.